The molecule has 0 N–H and O–H groups in total. The number of sulfone groups is 1. The van der Waals surface area contributed by atoms with Crippen molar-refractivity contribution in [3.8, 4) is 0 Å². The summed E-state index contributed by atoms with van der Waals surface area (Å²) in [6.45, 7) is 0.289. The molecule has 2 rings (SSSR count). The topological polar surface area (TPSA) is 71.5 Å². The lowest BCUT2D eigenvalue weighted by Crippen LogP contribution is -2.33. The average Bonchev–Trinajstić information content (AvgIpc) is 2.75. The lowest BCUT2D eigenvalue weighted by atomic mass is 10.4. The highest BCUT2D eigenvalue weighted by Gasteiger charge is 2.29. The molecule has 0 aliphatic carbocycles. The Kier molecular flexibility index (Phi) is 5.12. The third kappa shape index (κ3) is 3.73. The molecule has 1 aliphatic heterocycles. The number of thiophene rings is 1. The SMILES string of the molecule is O=S1(=O)CCCN(S(=O)(=O)c2ccc(CCCl)s2)CC1. The molecule has 0 unspecified atom stereocenters. The minimum Gasteiger partial charge on any atom is -0.229 e. The van der Waals surface area contributed by atoms with Crippen LogP contribution in [0.25, 0.3) is 0 Å². The van der Waals surface area contributed by atoms with E-state index in [1.807, 2.05) is 0 Å². The Labute approximate surface area is 128 Å². The quantitative estimate of drug-likeness (QED) is 0.762. The first-order chi connectivity index (χ1) is 9.35. The molecule has 2 heterocycles. The Balaban J connectivity index is 2.20. The molecule has 0 spiro atoms. The predicted octanol–water partition coefficient (Wildman–Crippen LogP) is 1.34. The highest BCUT2D eigenvalue weighted by atomic mass is 35.5. The summed E-state index contributed by atoms with van der Waals surface area (Å²) in [6, 6.07) is 3.33. The first kappa shape index (κ1) is 16.2. The maximum Gasteiger partial charge on any atom is 0.252 e. The minimum absolute atomic E-state index is 0.0351. The number of hydrogen-bond donors (Lipinski definition) is 0. The lowest BCUT2D eigenvalue weighted by molar-refractivity contribution is 0.436. The van der Waals surface area contributed by atoms with E-state index in [9.17, 15) is 16.8 Å². The lowest BCUT2D eigenvalue weighted by Gasteiger charge is -2.18. The monoisotopic (exact) mass is 357 g/mol. The van der Waals surface area contributed by atoms with Gasteiger partial charge in [0.1, 0.15) is 4.21 Å². The van der Waals surface area contributed by atoms with Gasteiger partial charge >= 0.3 is 0 Å². The molecule has 5 nitrogen and oxygen atoms in total. The van der Waals surface area contributed by atoms with Gasteiger partial charge < -0.3 is 0 Å². The van der Waals surface area contributed by atoms with Crippen LogP contribution in [0.3, 0.4) is 0 Å². The fourth-order valence-corrected chi connectivity index (χ4v) is 6.70. The van der Waals surface area contributed by atoms with Crippen LogP contribution in [0.5, 0.6) is 0 Å². The summed E-state index contributed by atoms with van der Waals surface area (Å²) in [6.07, 6.45) is 0.984. The standard InChI is InChI=1S/C11H16ClNO4S3/c12-5-4-10-2-3-11(18-10)20(16,17)13-6-1-8-19(14,15)9-7-13/h2-3H,1,4-9H2. The second kappa shape index (κ2) is 6.31. The fourth-order valence-electron chi connectivity index (χ4n) is 2.01. The van der Waals surface area contributed by atoms with E-state index in [2.05, 4.69) is 0 Å². The number of aryl methyl sites for hydroxylation is 1. The van der Waals surface area contributed by atoms with Gasteiger partial charge in [0.25, 0.3) is 10.0 Å². The molecule has 1 aromatic heterocycles. The van der Waals surface area contributed by atoms with E-state index in [4.69, 9.17) is 11.6 Å². The molecule has 0 bridgehead atoms. The summed E-state index contributed by atoms with van der Waals surface area (Å²) < 4.78 is 49.6. The normalized spacial score (nSPS) is 20.6. The van der Waals surface area contributed by atoms with Crippen LogP contribution in [-0.4, -0.2) is 51.6 Å². The zero-order valence-electron chi connectivity index (χ0n) is 10.8. The van der Waals surface area contributed by atoms with E-state index in [0.717, 1.165) is 4.88 Å². The highest BCUT2D eigenvalue weighted by Crippen LogP contribution is 2.26. The molecule has 0 atom stereocenters. The van der Waals surface area contributed by atoms with Gasteiger partial charge in [-0.3, -0.25) is 0 Å². The van der Waals surface area contributed by atoms with Crippen molar-refractivity contribution in [3.63, 3.8) is 0 Å². The van der Waals surface area contributed by atoms with Crippen molar-refractivity contribution >= 4 is 42.8 Å². The molecule has 1 saturated heterocycles. The first-order valence-corrected chi connectivity index (χ1v) is 10.8. The van der Waals surface area contributed by atoms with Crippen LogP contribution in [0.4, 0.5) is 0 Å². The fraction of sp³-hybridized carbons (Fsp3) is 0.636. The number of alkyl halides is 1. The van der Waals surface area contributed by atoms with E-state index in [1.165, 1.54) is 15.6 Å². The molecule has 0 radical (unpaired) electrons. The molecule has 0 amide bonds. The van der Waals surface area contributed by atoms with Gasteiger partial charge in [-0.15, -0.1) is 22.9 Å². The van der Waals surface area contributed by atoms with Crippen LogP contribution in [0.15, 0.2) is 16.3 Å². The first-order valence-electron chi connectivity index (χ1n) is 6.20. The third-order valence-electron chi connectivity index (χ3n) is 3.09. The average molecular weight is 358 g/mol. The van der Waals surface area contributed by atoms with Crippen molar-refractivity contribution in [2.75, 3.05) is 30.5 Å². The zero-order chi connectivity index (χ0) is 14.8. The molecule has 9 heteroatoms. The van der Waals surface area contributed by atoms with Crippen LogP contribution in [0.2, 0.25) is 0 Å². The van der Waals surface area contributed by atoms with Gasteiger partial charge in [-0.25, -0.2) is 16.8 Å². The summed E-state index contributed by atoms with van der Waals surface area (Å²) in [5, 5.41) is 0. The maximum absolute atomic E-state index is 12.5. The van der Waals surface area contributed by atoms with Crippen molar-refractivity contribution in [1.29, 1.82) is 0 Å². The molecule has 20 heavy (non-hydrogen) atoms. The number of sulfonamides is 1. The maximum atomic E-state index is 12.5. The Morgan fingerprint density at radius 3 is 2.70 bits per heavy atom. The van der Waals surface area contributed by atoms with Gasteiger partial charge in [0.05, 0.1) is 11.5 Å². The van der Waals surface area contributed by atoms with Crippen LogP contribution in [0.1, 0.15) is 11.3 Å². The van der Waals surface area contributed by atoms with Gasteiger partial charge in [0.15, 0.2) is 9.84 Å². The zero-order valence-corrected chi connectivity index (χ0v) is 14.0. The molecule has 1 aromatic rings. The van der Waals surface area contributed by atoms with E-state index >= 15 is 0 Å². The van der Waals surface area contributed by atoms with Crippen molar-refractivity contribution in [1.82, 2.24) is 4.31 Å². The molecule has 0 saturated carbocycles. The van der Waals surface area contributed by atoms with Crippen LogP contribution >= 0.6 is 22.9 Å². The smallest absolute Gasteiger partial charge is 0.229 e. The largest absolute Gasteiger partial charge is 0.252 e. The second-order valence-electron chi connectivity index (χ2n) is 4.57. The number of rotatable bonds is 4. The Morgan fingerprint density at radius 1 is 1.25 bits per heavy atom. The summed E-state index contributed by atoms with van der Waals surface area (Å²) in [4.78, 5) is 0.918. The molecular formula is C11H16ClNO4S3. The summed E-state index contributed by atoms with van der Waals surface area (Å²) in [5.41, 5.74) is 0. The van der Waals surface area contributed by atoms with Crippen molar-refractivity contribution in [3.05, 3.63) is 17.0 Å². The van der Waals surface area contributed by atoms with E-state index in [1.54, 1.807) is 12.1 Å². The van der Waals surface area contributed by atoms with Gasteiger partial charge in [0.2, 0.25) is 0 Å². The van der Waals surface area contributed by atoms with E-state index < -0.39 is 19.9 Å². The molecule has 1 fully saturated rings. The van der Waals surface area contributed by atoms with Crippen molar-refractivity contribution in [2.24, 2.45) is 0 Å². The Morgan fingerprint density at radius 2 is 2.00 bits per heavy atom. The third-order valence-corrected chi connectivity index (χ3v) is 8.50. The van der Waals surface area contributed by atoms with Crippen LogP contribution in [0, 0.1) is 0 Å². The Bertz CT molecular complexity index is 666. The van der Waals surface area contributed by atoms with Crippen LogP contribution < -0.4 is 0 Å². The molecular weight excluding hydrogens is 342 g/mol. The molecule has 1 aliphatic rings. The van der Waals surface area contributed by atoms with E-state index in [0.29, 0.717) is 18.7 Å². The van der Waals surface area contributed by atoms with E-state index in [-0.39, 0.29) is 28.8 Å². The summed E-state index contributed by atoms with van der Waals surface area (Å²) in [5.74, 6) is 0.398. The Hall–Kier alpha value is -0.150. The number of nitrogens with zero attached hydrogens (tertiary/aromatic N) is 1. The summed E-state index contributed by atoms with van der Waals surface area (Å²) in [7, 11) is -6.71. The predicted molar refractivity (Wildman–Crippen MR) is 80.8 cm³/mol. The number of halogens is 1. The highest BCUT2D eigenvalue weighted by molar-refractivity contribution is 7.92. The van der Waals surface area contributed by atoms with Crippen LogP contribution in [-0.2, 0) is 26.3 Å². The van der Waals surface area contributed by atoms with Gasteiger partial charge in [-0.1, -0.05) is 0 Å². The minimum atomic E-state index is -3.59. The van der Waals surface area contributed by atoms with Gasteiger partial charge in [0, 0.05) is 23.8 Å². The van der Waals surface area contributed by atoms with Crippen molar-refractivity contribution < 1.29 is 16.8 Å². The number of hydrogen-bond acceptors (Lipinski definition) is 5. The summed E-state index contributed by atoms with van der Waals surface area (Å²) >= 11 is 6.84. The molecule has 114 valence electrons. The van der Waals surface area contributed by atoms with Gasteiger partial charge in [-0.2, -0.15) is 4.31 Å². The second-order valence-corrected chi connectivity index (χ2v) is 10.6. The van der Waals surface area contributed by atoms with Gasteiger partial charge in [-0.05, 0) is 25.0 Å². The van der Waals surface area contributed by atoms with Crippen molar-refractivity contribution in [2.45, 2.75) is 17.1 Å². The molecule has 0 aromatic carbocycles.